The number of hydrogen-bond acceptors (Lipinski definition) is 2. The van der Waals surface area contributed by atoms with Crippen LogP contribution in [0.4, 0.5) is 0 Å². The predicted octanol–water partition coefficient (Wildman–Crippen LogP) is 3.44. The second-order valence-electron chi connectivity index (χ2n) is 4.96. The third-order valence-corrected chi connectivity index (χ3v) is 5.18. The van der Waals surface area contributed by atoms with Gasteiger partial charge in [-0.15, -0.1) is 24.0 Å². The van der Waals surface area contributed by atoms with Crippen LogP contribution >= 0.6 is 35.7 Å². The summed E-state index contributed by atoms with van der Waals surface area (Å²) in [5.74, 6) is 3.09. The smallest absolute Gasteiger partial charge is 0.193 e. The summed E-state index contributed by atoms with van der Waals surface area (Å²) in [6, 6.07) is 0. The molecule has 5 heteroatoms. The number of guanidine groups is 1. The topological polar surface area (TPSA) is 27.6 Å². The molecule has 0 aliphatic carbocycles. The maximum absolute atomic E-state index is 4.44. The molecule has 1 saturated heterocycles. The summed E-state index contributed by atoms with van der Waals surface area (Å²) in [5, 5.41) is 4.32. The van der Waals surface area contributed by atoms with E-state index in [-0.39, 0.29) is 24.0 Å². The van der Waals surface area contributed by atoms with Crippen LogP contribution in [-0.4, -0.2) is 48.5 Å². The van der Waals surface area contributed by atoms with Crippen molar-refractivity contribution in [1.29, 1.82) is 0 Å². The predicted molar refractivity (Wildman–Crippen MR) is 99.0 cm³/mol. The Hall–Kier alpha value is 0.350. The Morgan fingerprint density at radius 2 is 2.05 bits per heavy atom. The summed E-state index contributed by atoms with van der Waals surface area (Å²) in [6.45, 7) is 10.1. The monoisotopic (exact) mass is 399 g/mol. The van der Waals surface area contributed by atoms with E-state index in [4.69, 9.17) is 0 Å². The number of nitrogens with zero attached hydrogens (tertiary/aromatic N) is 2. The van der Waals surface area contributed by atoms with E-state index in [1.54, 1.807) is 0 Å². The van der Waals surface area contributed by atoms with Crippen LogP contribution < -0.4 is 5.32 Å². The third-order valence-electron chi connectivity index (χ3n) is 3.81. The van der Waals surface area contributed by atoms with Gasteiger partial charge in [-0.3, -0.25) is 4.99 Å². The molecule has 0 saturated carbocycles. The second-order valence-corrected chi connectivity index (χ2v) is 6.37. The number of nitrogens with one attached hydrogen (secondary N) is 1. The van der Waals surface area contributed by atoms with Crippen molar-refractivity contribution in [3.8, 4) is 0 Å². The molecule has 1 rings (SSSR count). The third kappa shape index (κ3) is 6.56. The van der Waals surface area contributed by atoms with E-state index in [0.717, 1.165) is 36.8 Å². The lowest BCUT2D eigenvalue weighted by Crippen LogP contribution is -2.48. The summed E-state index contributed by atoms with van der Waals surface area (Å²) < 4.78 is 0. The molecule has 0 radical (unpaired) electrons. The maximum Gasteiger partial charge on any atom is 0.193 e. The van der Waals surface area contributed by atoms with Gasteiger partial charge in [0.05, 0.1) is 0 Å². The summed E-state index contributed by atoms with van der Waals surface area (Å²) >= 11 is 2.10. The molecule has 114 valence electrons. The Labute approximate surface area is 140 Å². The van der Waals surface area contributed by atoms with Crippen LogP contribution in [0.5, 0.6) is 0 Å². The van der Waals surface area contributed by atoms with Gasteiger partial charge in [0.25, 0.3) is 0 Å². The molecule has 0 aromatic heterocycles. The highest BCUT2D eigenvalue weighted by Crippen LogP contribution is 2.21. The summed E-state index contributed by atoms with van der Waals surface area (Å²) in [6.07, 6.45) is 3.74. The van der Waals surface area contributed by atoms with Gasteiger partial charge in [-0.1, -0.05) is 33.6 Å². The fourth-order valence-corrected chi connectivity index (χ4v) is 3.48. The van der Waals surface area contributed by atoms with Gasteiger partial charge in [-0.25, -0.2) is 0 Å². The first-order valence-electron chi connectivity index (χ1n) is 7.32. The highest BCUT2D eigenvalue weighted by atomic mass is 127. The van der Waals surface area contributed by atoms with Crippen LogP contribution in [0.2, 0.25) is 0 Å². The Bertz CT molecular complexity index is 257. The lowest BCUT2D eigenvalue weighted by Gasteiger charge is -2.34. The minimum Gasteiger partial charge on any atom is -0.356 e. The molecule has 1 fully saturated rings. The van der Waals surface area contributed by atoms with Crippen molar-refractivity contribution in [2.75, 3.05) is 32.4 Å². The molecule has 1 aliphatic rings. The fourth-order valence-electron chi connectivity index (χ4n) is 2.30. The van der Waals surface area contributed by atoms with Gasteiger partial charge in [-0.05, 0) is 12.3 Å². The first kappa shape index (κ1) is 19.4. The molecule has 1 atom stereocenters. The molecule has 3 nitrogen and oxygen atoms in total. The summed E-state index contributed by atoms with van der Waals surface area (Å²) in [7, 11) is 1.90. The van der Waals surface area contributed by atoms with Crippen molar-refractivity contribution in [2.45, 2.75) is 45.3 Å². The zero-order valence-corrected chi connectivity index (χ0v) is 16.0. The van der Waals surface area contributed by atoms with Crippen LogP contribution in [-0.2, 0) is 0 Å². The molecule has 1 unspecified atom stereocenters. The standard InChI is InChI=1S/C14H29N3S.HI/c1-5-12(6-2)10-16-14(15-4)17-8-9-18-13(7-3)11-17;/h12-13H,5-11H2,1-4H3,(H,15,16);1H. The molecule has 0 amide bonds. The van der Waals surface area contributed by atoms with E-state index in [1.165, 1.54) is 25.0 Å². The van der Waals surface area contributed by atoms with E-state index in [1.807, 2.05) is 7.05 Å². The zero-order chi connectivity index (χ0) is 13.4. The molecule has 1 heterocycles. The van der Waals surface area contributed by atoms with Gasteiger partial charge < -0.3 is 10.2 Å². The Morgan fingerprint density at radius 1 is 1.37 bits per heavy atom. The first-order chi connectivity index (χ1) is 8.74. The summed E-state index contributed by atoms with van der Waals surface area (Å²) in [5.41, 5.74) is 0. The van der Waals surface area contributed by atoms with Crippen molar-refractivity contribution in [2.24, 2.45) is 10.9 Å². The van der Waals surface area contributed by atoms with Crippen LogP contribution in [0.15, 0.2) is 4.99 Å². The highest BCUT2D eigenvalue weighted by Gasteiger charge is 2.21. The molecule has 19 heavy (non-hydrogen) atoms. The van der Waals surface area contributed by atoms with Crippen LogP contribution in [0, 0.1) is 5.92 Å². The van der Waals surface area contributed by atoms with Gasteiger partial charge in [0.15, 0.2) is 5.96 Å². The minimum atomic E-state index is 0. The van der Waals surface area contributed by atoms with E-state index in [9.17, 15) is 0 Å². The molecule has 1 aliphatic heterocycles. The van der Waals surface area contributed by atoms with E-state index in [2.05, 4.69) is 47.7 Å². The number of rotatable bonds is 5. The first-order valence-corrected chi connectivity index (χ1v) is 8.37. The van der Waals surface area contributed by atoms with Crippen molar-refractivity contribution >= 4 is 41.7 Å². The van der Waals surface area contributed by atoms with Crippen molar-refractivity contribution in [3.05, 3.63) is 0 Å². The zero-order valence-electron chi connectivity index (χ0n) is 12.8. The average Bonchev–Trinajstić information content (AvgIpc) is 2.44. The number of thioether (sulfide) groups is 1. The fraction of sp³-hybridized carbons (Fsp3) is 0.929. The molecular weight excluding hydrogens is 369 g/mol. The van der Waals surface area contributed by atoms with E-state index >= 15 is 0 Å². The molecule has 0 aromatic rings. The highest BCUT2D eigenvalue weighted by molar-refractivity contribution is 14.0. The van der Waals surface area contributed by atoms with E-state index in [0.29, 0.717) is 0 Å². The Balaban J connectivity index is 0.00000324. The normalized spacial score (nSPS) is 20.4. The van der Waals surface area contributed by atoms with Crippen LogP contribution in [0.1, 0.15) is 40.0 Å². The lowest BCUT2D eigenvalue weighted by molar-refractivity contribution is 0.396. The molecule has 0 aromatic carbocycles. The van der Waals surface area contributed by atoms with Crippen molar-refractivity contribution < 1.29 is 0 Å². The minimum absolute atomic E-state index is 0. The van der Waals surface area contributed by atoms with Gasteiger partial charge >= 0.3 is 0 Å². The lowest BCUT2D eigenvalue weighted by atomic mass is 10.0. The van der Waals surface area contributed by atoms with Gasteiger partial charge in [0, 0.05) is 37.7 Å². The average molecular weight is 399 g/mol. The molecule has 0 spiro atoms. The van der Waals surface area contributed by atoms with Crippen molar-refractivity contribution in [1.82, 2.24) is 10.2 Å². The van der Waals surface area contributed by atoms with Crippen LogP contribution in [0.3, 0.4) is 0 Å². The maximum atomic E-state index is 4.44. The van der Waals surface area contributed by atoms with E-state index < -0.39 is 0 Å². The molecule has 1 N–H and O–H groups in total. The van der Waals surface area contributed by atoms with Crippen molar-refractivity contribution in [3.63, 3.8) is 0 Å². The molecular formula is C14H30IN3S. The van der Waals surface area contributed by atoms with Gasteiger partial charge in [-0.2, -0.15) is 11.8 Å². The number of aliphatic imine (C=N–C) groups is 1. The number of hydrogen-bond donors (Lipinski definition) is 1. The van der Waals surface area contributed by atoms with Crippen LogP contribution in [0.25, 0.3) is 0 Å². The van der Waals surface area contributed by atoms with Gasteiger partial charge in [0.2, 0.25) is 0 Å². The largest absolute Gasteiger partial charge is 0.356 e. The summed E-state index contributed by atoms with van der Waals surface area (Å²) in [4.78, 5) is 6.87. The second kappa shape index (κ2) is 11.1. The Kier molecular flexibility index (Phi) is 11.3. The molecule has 0 bridgehead atoms. The Morgan fingerprint density at radius 3 is 2.58 bits per heavy atom. The van der Waals surface area contributed by atoms with Gasteiger partial charge in [0.1, 0.15) is 0 Å². The number of halogens is 1. The SMILES string of the molecule is CCC(CC)CNC(=NC)N1CCSC(CC)C1.I. The quantitative estimate of drug-likeness (QED) is 0.436.